The van der Waals surface area contributed by atoms with E-state index in [0.29, 0.717) is 31.2 Å². The molecule has 1 N–H and O–H groups in total. The van der Waals surface area contributed by atoms with E-state index < -0.39 is 0 Å². The van der Waals surface area contributed by atoms with Gasteiger partial charge in [0.15, 0.2) is 0 Å². The fourth-order valence-corrected chi connectivity index (χ4v) is 2.83. The van der Waals surface area contributed by atoms with Crippen molar-refractivity contribution in [1.82, 2.24) is 10.3 Å². The van der Waals surface area contributed by atoms with E-state index in [1.807, 2.05) is 31.2 Å². The Morgan fingerprint density at radius 2 is 2.11 bits per heavy atom. The molecule has 0 saturated carbocycles. The second kappa shape index (κ2) is 9.92. The molecule has 144 valence electrons. The molecule has 6 heteroatoms. The van der Waals surface area contributed by atoms with Gasteiger partial charge >= 0.3 is 0 Å². The zero-order valence-corrected chi connectivity index (χ0v) is 15.6. The van der Waals surface area contributed by atoms with E-state index in [1.54, 1.807) is 18.3 Å². The van der Waals surface area contributed by atoms with Crippen molar-refractivity contribution in [1.29, 1.82) is 0 Å². The van der Waals surface area contributed by atoms with Crippen molar-refractivity contribution >= 4 is 5.91 Å². The van der Waals surface area contributed by atoms with Crippen molar-refractivity contribution in [2.24, 2.45) is 0 Å². The van der Waals surface area contributed by atoms with Gasteiger partial charge in [-0.3, -0.25) is 4.79 Å². The first-order chi connectivity index (χ1) is 13.3. The molecule has 1 aromatic heterocycles. The van der Waals surface area contributed by atoms with Crippen molar-refractivity contribution in [2.45, 2.75) is 38.8 Å². The van der Waals surface area contributed by atoms with Crippen LogP contribution in [-0.2, 0) is 11.3 Å². The third kappa shape index (κ3) is 5.69. The number of hydrogen-bond donors (Lipinski definition) is 1. The summed E-state index contributed by atoms with van der Waals surface area (Å²) in [6, 6.07) is 10.9. The summed E-state index contributed by atoms with van der Waals surface area (Å²) in [5.41, 5.74) is 1.44. The molecular formula is C21H26N2O4. The van der Waals surface area contributed by atoms with Crippen molar-refractivity contribution in [2.75, 3.05) is 19.8 Å². The number of aromatic nitrogens is 1. The lowest BCUT2D eigenvalue weighted by atomic mass is 10.2. The minimum atomic E-state index is -0.147. The number of rotatable bonds is 9. The normalized spacial score (nSPS) is 16.1. The molecule has 27 heavy (non-hydrogen) atoms. The van der Waals surface area contributed by atoms with E-state index in [-0.39, 0.29) is 12.0 Å². The highest BCUT2D eigenvalue weighted by molar-refractivity contribution is 5.94. The van der Waals surface area contributed by atoms with Gasteiger partial charge in [-0.05, 0) is 49.6 Å². The van der Waals surface area contributed by atoms with Crippen LogP contribution in [0.4, 0.5) is 0 Å². The van der Waals surface area contributed by atoms with Gasteiger partial charge in [0, 0.05) is 30.5 Å². The topological polar surface area (TPSA) is 69.7 Å². The van der Waals surface area contributed by atoms with E-state index in [9.17, 15) is 4.79 Å². The van der Waals surface area contributed by atoms with Crippen LogP contribution in [0.25, 0.3) is 0 Å². The smallest absolute Gasteiger partial charge is 0.251 e. The summed E-state index contributed by atoms with van der Waals surface area (Å²) in [4.78, 5) is 16.6. The highest BCUT2D eigenvalue weighted by Crippen LogP contribution is 2.17. The van der Waals surface area contributed by atoms with Gasteiger partial charge in [-0.25, -0.2) is 4.98 Å². The van der Waals surface area contributed by atoms with Crippen molar-refractivity contribution in [3.05, 3.63) is 53.7 Å². The molecule has 1 atom stereocenters. The van der Waals surface area contributed by atoms with Gasteiger partial charge in [0.2, 0.25) is 5.88 Å². The summed E-state index contributed by atoms with van der Waals surface area (Å²) in [6.45, 7) is 4.37. The summed E-state index contributed by atoms with van der Waals surface area (Å²) >= 11 is 0. The second-order valence-electron chi connectivity index (χ2n) is 6.47. The summed E-state index contributed by atoms with van der Waals surface area (Å²) < 4.78 is 16.9. The molecule has 0 bridgehead atoms. The molecule has 1 aliphatic heterocycles. The Morgan fingerprint density at radius 3 is 2.85 bits per heavy atom. The van der Waals surface area contributed by atoms with Crippen LogP contribution in [0.2, 0.25) is 0 Å². The summed E-state index contributed by atoms with van der Waals surface area (Å²) in [5, 5.41) is 2.91. The van der Waals surface area contributed by atoms with Crippen molar-refractivity contribution < 1.29 is 19.0 Å². The molecule has 2 aromatic rings. The van der Waals surface area contributed by atoms with Crippen LogP contribution >= 0.6 is 0 Å². The largest absolute Gasteiger partial charge is 0.491 e. The molecule has 6 nitrogen and oxygen atoms in total. The molecule has 0 aliphatic carbocycles. The average molecular weight is 370 g/mol. The highest BCUT2D eigenvalue weighted by Gasteiger charge is 2.16. The van der Waals surface area contributed by atoms with Gasteiger partial charge < -0.3 is 19.5 Å². The van der Waals surface area contributed by atoms with Gasteiger partial charge in [0.1, 0.15) is 12.4 Å². The predicted octanol–water partition coefficient (Wildman–Crippen LogP) is 3.36. The first-order valence-corrected chi connectivity index (χ1v) is 9.45. The Morgan fingerprint density at radius 1 is 1.26 bits per heavy atom. The van der Waals surface area contributed by atoms with Gasteiger partial charge in [-0.2, -0.15) is 0 Å². The first-order valence-electron chi connectivity index (χ1n) is 9.45. The van der Waals surface area contributed by atoms with Crippen LogP contribution in [0.15, 0.2) is 42.6 Å². The number of ether oxygens (including phenoxy) is 3. The number of hydrogen-bond acceptors (Lipinski definition) is 5. The Kier molecular flexibility index (Phi) is 7.04. The first kappa shape index (κ1) is 19.2. The third-order valence-electron chi connectivity index (χ3n) is 4.31. The molecule has 1 aliphatic rings. The van der Waals surface area contributed by atoms with Gasteiger partial charge in [-0.1, -0.05) is 13.0 Å². The van der Waals surface area contributed by atoms with Crippen LogP contribution < -0.4 is 14.8 Å². The van der Waals surface area contributed by atoms with E-state index in [0.717, 1.165) is 37.2 Å². The molecule has 0 spiro atoms. The molecule has 1 amide bonds. The average Bonchev–Trinajstić information content (AvgIpc) is 3.23. The molecule has 1 aromatic carbocycles. The molecule has 2 heterocycles. The van der Waals surface area contributed by atoms with Crippen molar-refractivity contribution in [3.8, 4) is 11.6 Å². The number of nitrogens with zero attached hydrogens (tertiary/aromatic N) is 1. The molecule has 3 rings (SSSR count). The Hall–Kier alpha value is -2.60. The van der Waals surface area contributed by atoms with E-state index in [1.165, 1.54) is 0 Å². The Labute approximate surface area is 159 Å². The number of nitrogens with one attached hydrogen (secondary N) is 1. The maximum absolute atomic E-state index is 12.4. The lowest BCUT2D eigenvalue weighted by Crippen LogP contribution is -2.23. The maximum Gasteiger partial charge on any atom is 0.251 e. The van der Waals surface area contributed by atoms with E-state index >= 15 is 0 Å². The van der Waals surface area contributed by atoms with Gasteiger partial charge in [0.25, 0.3) is 5.91 Å². The zero-order chi connectivity index (χ0) is 18.9. The molecular weight excluding hydrogens is 344 g/mol. The second-order valence-corrected chi connectivity index (χ2v) is 6.47. The number of pyridine rings is 1. The predicted molar refractivity (Wildman–Crippen MR) is 102 cm³/mol. The lowest BCUT2D eigenvalue weighted by molar-refractivity contribution is 0.0679. The number of carbonyl (C=O) groups excluding carboxylic acids is 1. The number of benzene rings is 1. The van der Waals surface area contributed by atoms with E-state index in [4.69, 9.17) is 14.2 Å². The third-order valence-corrected chi connectivity index (χ3v) is 4.31. The van der Waals surface area contributed by atoms with Crippen LogP contribution in [0.3, 0.4) is 0 Å². The van der Waals surface area contributed by atoms with Crippen LogP contribution in [0.5, 0.6) is 11.6 Å². The summed E-state index contributed by atoms with van der Waals surface area (Å²) in [7, 11) is 0. The standard InChI is InChI=1S/C21H26N2O4/c1-2-12-26-21-17(5-3-11-22-21)14-23-20(24)16-7-9-18(10-8-16)27-15-19-6-4-13-25-19/h3,5,7-11,19H,2,4,6,12-15H2,1H3,(H,23,24). The maximum atomic E-state index is 12.4. The zero-order valence-electron chi connectivity index (χ0n) is 15.6. The minimum Gasteiger partial charge on any atom is -0.491 e. The number of amides is 1. The fourth-order valence-electron chi connectivity index (χ4n) is 2.83. The highest BCUT2D eigenvalue weighted by atomic mass is 16.5. The Bertz CT molecular complexity index is 727. The van der Waals surface area contributed by atoms with E-state index in [2.05, 4.69) is 10.3 Å². The molecule has 1 fully saturated rings. The quantitative estimate of drug-likeness (QED) is 0.733. The van der Waals surface area contributed by atoms with Crippen LogP contribution in [0, 0.1) is 0 Å². The monoisotopic (exact) mass is 370 g/mol. The fraction of sp³-hybridized carbons (Fsp3) is 0.429. The van der Waals surface area contributed by atoms with Gasteiger partial charge in [0.05, 0.1) is 12.7 Å². The van der Waals surface area contributed by atoms with Crippen LogP contribution in [0.1, 0.15) is 42.1 Å². The van der Waals surface area contributed by atoms with Gasteiger partial charge in [-0.15, -0.1) is 0 Å². The SMILES string of the molecule is CCCOc1ncccc1CNC(=O)c1ccc(OCC2CCCO2)cc1. The Balaban J connectivity index is 1.50. The molecule has 0 radical (unpaired) electrons. The number of carbonyl (C=O) groups is 1. The summed E-state index contributed by atoms with van der Waals surface area (Å²) in [5.74, 6) is 1.16. The molecule has 1 saturated heterocycles. The molecule has 1 unspecified atom stereocenters. The van der Waals surface area contributed by atoms with Crippen LogP contribution in [-0.4, -0.2) is 36.8 Å². The minimum absolute atomic E-state index is 0.147. The van der Waals surface area contributed by atoms with Crippen molar-refractivity contribution in [3.63, 3.8) is 0 Å². The lowest BCUT2D eigenvalue weighted by Gasteiger charge is -2.12. The summed E-state index contributed by atoms with van der Waals surface area (Å²) in [6.07, 6.45) is 4.90.